The van der Waals surface area contributed by atoms with Gasteiger partial charge in [0.2, 0.25) is 0 Å². The molecule has 0 atom stereocenters. The van der Waals surface area contributed by atoms with E-state index in [-0.39, 0.29) is 17.3 Å². The van der Waals surface area contributed by atoms with Gasteiger partial charge in [-0.3, -0.25) is 5.10 Å². The van der Waals surface area contributed by atoms with Gasteiger partial charge in [0, 0.05) is 12.1 Å². The first-order chi connectivity index (χ1) is 8.49. The second kappa shape index (κ2) is 4.35. The van der Waals surface area contributed by atoms with E-state index in [0.29, 0.717) is 12.1 Å². The van der Waals surface area contributed by atoms with E-state index in [4.69, 9.17) is 11.5 Å². The van der Waals surface area contributed by atoms with Crippen molar-refractivity contribution in [3.63, 3.8) is 0 Å². The van der Waals surface area contributed by atoms with E-state index >= 15 is 0 Å². The molecule has 0 spiro atoms. The molecular weight excluding hydrogens is 249 g/mol. The third-order valence-corrected chi connectivity index (χ3v) is 2.03. The number of anilines is 2. The fraction of sp³-hybridized carbons (Fsp3) is 0. The van der Waals surface area contributed by atoms with Gasteiger partial charge in [-0.2, -0.15) is 5.10 Å². The lowest BCUT2D eigenvalue weighted by atomic mass is 10.3. The molecule has 0 unspecified atom stereocenters. The van der Waals surface area contributed by atoms with Crippen molar-refractivity contribution in [1.82, 2.24) is 10.2 Å². The fourth-order valence-corrected chi connectivity index (χ4v) is 1.19. The standard InChI is InChI=1S/C9H7F3N6/c10-3-1-4(11)6(12)5(2-3)15-16-7-8(13)17-18-9(7)14/h1-2H,(H5,13,14,17,18). The SMILES string of the molecule is Nc1n[nH]c(N)c1N=Nc1cc(F)cc(F)c1F. The van der Waals surface area contributed by atoms with Crippen LogP contribution < -0.4 is 11.5 Å². The van der Waals surface area contributed by atoms with E-state index in [9.17, 15) is 13.2 Å². The van der Waals surface area contributed by atoms with Gasteiger partial charge >= 0.3 is 0 Å². The zero-order chi connectivity index (χ0) is 13.3. The summed E-state index contributed by atoms with van der Waals surface area (Å²) in [5.41, 5.74) is 10.2. The Balaban J connectivity index is 2.41. The van der Waals surface area contributed by atoms with Crippen LogP contribution in [-0.2, 0) is 0 Å². The van der Waals surface area contributed by atoms with Gasteiger partial charge in [-0.25, -0.2) is 13.2 Å². The number of hydrogen-bond acceptors (Lipinski definition) is 5. The number of H-pyrrole nitrogens is 1. The van der Waals surface area contributed by atoms with Crippen LogP contribution in [0.5, 0.6) is 0 Å². The second-order valence-corrected chi connectivity index (χ2v) is 3.29. The number of nitrogens with zero attached hydrogens (tertiary/aromatic N) is 3. The summed E-state index contributed by atoms with van der Waals surface area (Å²) in [4.78, 5) is 0. The summed E-state index contributed by atoms with van der Waals surface area (Å²) in [5.74, 6) is -3.71. The van der Waals surface area contributed by atoms with Gasteiger partial charge in [0.05, 0.1) is 0 Å². The van der Waals surface area contributed by atoms with Gasteiger partial charge in [-0.15, -0.1) is 10.2 Å². The van der Waals surface area contributed by atoms with Gasteiger partial charge in [0.25, 0.3) is 0 Å². The van der Waals surface area contributed by atoms with Gasteiger partial charge in [0.15, 0.2) is 23.1 Å². The number of rotatable bonds is 2. The Morgan fingerprint density at radius 2 is 1.83 bits per heavy atom. The van der Waals surface area contributed by atoms with Crippen LogP contribution in [0, 0.1) is 17.5 Å². The Kier molecular flexibility index (Phi) is 2.88. The third-order valence-electron chi connectivity index (χ3n) is 2.03. The zero-order valence-corrected chi connectivity index (χ0v) is 8.78. The molecule has 0 radical (unpaired) electrons. The number of halogens is 3. The Hall–Kier alpha value is -2.58. The number of hydrogen-bond donors (Lipinski definition) is 3. The van der Waals surface area contributed by atoms with Crippen molar-refractivity contribution >= 4 is 23.0 Å². The highest BCUT2D eigenvalue weighted by Crippen LogP contribution is 2.29. The molecule has 9 heteroatoms. The molecule has 1 aromatic heterocycles. The topological polar surface area (TPSA) is 105 Å². The number of nitrogen functional groups attached to an aromatic ring is 2. The molecule has 1 heterocycles. The van der Waals surface area contributed by atoms with Crippen LogP contribution in [0.15, 0.2) is 22.4 Å². The molecule has 18 heavy (non-hydrogen) atoms. The largest absolute Gasteiger partial charge is 0.382 e. The van der Waals surface area contributed by atoms with Crippen molar-refractivity contribution < 1.29 is 13.2 Å². The van der Waals surface area contributed by atoms with Gasteiger partial charge in [-0.1, -0.05) is 0 Å². The molecule has 0 aliphatic heterocycles. The maximum absolute atomic E-state index is 13.2. The van der Waals surface area contributed by atoms with Crippen molar-refractivity contribution in [2.45, 2.75) is 0 Å². The molecule has 94 valence electrons. The molecule has 0 bridgehead atoms. The number of nitrogens with one attached hydrogen (secondary N) is 1. The lowest BCUT2D eigenvalue weighted by molar-refractivity contribution is 0.496. The number of aromatic amines is 1. The number of benzene rings is 1. The van der Waals surface area contributed by atoms with E-state index in [2.05, 4.69) is 20.4 Å². The maximum Gasteiger partial charge on any atom is 0.186 e. The van der Waals surface area contributed by atoms with E-state index in [1.807, 2.05) is 0 Å². The van der Waals surface area contributed by atoms with E-state index in [0.717, 1.165) is 0 Å². The highest BCUT2D eigenvalue weighted by atomic mass is 19.2. The molecular formula is C9H7F3N6. The third kappa shape index (κ3) is 2.10. The van der Waals surface area contributed by atoms with Crippen LogP contribution >= 0.6 is 0 Å². The Morgan fingerprint density at radius 1 is 1.11 bits per heavy atom. The van der Waals surface area contributed by atoms with E-state index in [1.165, 1.54) is 0 Å². The summed E-state index contributed by atoms with van der Waals surface area (Å²) in [5, 5.41) is 12.7. The van der Waals surface area contributed by atoms with Crippen molar-refractivity contribution in [2.24, 2.45) is 10.2 Å². The molecule has 0 amide bonds. The van der Waals surface area contributed by atoms with E-state index < -0.39 is 23.1 Å². The first-order valence-electron chi connectivity index (χ1n) is 4.64. The highest BCUT2D eigenvalue weighted by Gasteiger charge is 2.12. The summed E-state index contributed by atoms with van der Waals surface area (Å²) in [6.45, 7) is 0. The quantitative estimate of drug-likeness (QED) is 0.567. The van der Waals surface area contributed by atoms with Crippen LogP contribution in [0.25, 0.3) is 0 Å². The normalized spacial score (nSPS) is 11.3. The predicted octanol–water partition coefficient (Wildman–Crippen LogP) is 2.41. The summed E-state index contributed by atoms with van der Waals surface area (Å²) in [6, 6.07) is 1.09. The molecule has 2 aromatic rings. The zero-order valence-electron chi connectivity index (χ0n) is 8.78. The van der Waals surface area contributed by atoms with Gasteiger partial charge in [0.1, 0.15) is 17.3 Å². The molecule has 0 aliphatic carbocycles. The fourth-order valence-electron chi connectivity index (χ4n) is 1.19. The number of aromatic nitrogens is 2. The van der Waals surface area contributed by atoms with Gasteiger partial charge < -0.3 is 11.5 Å². The van der Waals surface area contributed by atoms with Crippen molar-refractivity contribution in [1.29, 1.82) is 0 Å². The van der Waals surface area contributed by atoms with Crippen LogP contribution in [-0.4, -0.2) is 10.2 Å². The second-order valence-electron chi connectivity index (χ2n) is 3.29. The number of azo groups is 1. The average molecular weight is 256 g/mol. The monoisotopic (exact) mass is 256 g/mol. The molecule has 0 aliphatic rings. The minimum absolute atomic E-state index is 0.00790. The molecule has 0 saturated heterocycles. The average Bonchev–Trinajstić information content (AvgIpc) is 2.62. The molecule has 6 nitrogen and oxygen atoms in total. The van der Waals surface area contributed by atoms with Gasteiger partial charge in [-0.05, 0) is 0 Å². The van der Waals surface area contributed by atoms with Crippen molar-refractivity contribution in [2.75, 3.05) is 11.5 Å². The maximum atomic E-state index is 13.2. The van der Waals surface area contributed by atoms with Crippen LogP contribution in [0.1, 0.15) is 0 Å². The Bertz CT molecular complexity index is 602. The van der Waals surface area contributed by atoms with Crippen molar-refractivity contribution in [3.05, 3.63) is 29.6 Å². The summed E-state index contributed by atoms with van der Waals surface area (Å²) >= 11 is 0. The lowest BCUT2D eigenvalue weighted by Crippen LogP contribution is -1.87. The molecule has 5 N–H and O–H groups in total. The van der Waals surface area contributed by atoms with Crippen LogP contribution in [0.3, 0.4) is 0 Å². The molecule has 0 fully saturated rings. The smallest absolute Gasteiger partial charge is 0.186 e. The minimum atomic E-state index is -1.36. The van der Waals surface area contributed by atoms with E-state index in [1.54, 1.807) is 0 Å². The summed E-state index contributed by atoms with van der Waals surface area (Å²) in [7, 11) is 0. The Morgan fingerprint density at radius 3 is 2.44 bits per heavy atom. The summed E-state index contributed by atoms with van der Waals surface area (Å²) < 4.78 is 39.0. The predicted molar refractivity (Wildman–Crippen MR) is 57.9 cm³/mol. The minimum Gasteiger partial charge on any atom is -0.382 e. The molecule has 2 rings (SSSR count). The molecule has 1 aromatic carbocycles. The van der Waals surface area contributed by atoms with Crippen molar-refractivity contribution in [3.8, 4) is 0 Å². The first-order valence-corrected chi connectivity index (χ1v) is 4.64. The Labute approximate surface area is 98.5 Å². The highest BCUT2D eigenvalue weighted by molar-refractivity contribution is 5.70. The molecule has 0 saturated carbocycles. The first kappa shape index (κ1) is 11.9. The lowest BCUT2D eigenvalue weighted by Gasteiger charge is -1.97. The summed E-state index contributed by atoms with van der Waals surface area (Å²) in [6.07, 6.45) is 0. The van der Waals surface area contributed by atoms with Crippen LogP contribution in [0.2, 0.25) is 0 Å². The number of nitrogens with two attached hydrogens (primary N) is 2. The van der Waals surface area contributed by atoms with Crippen LogP contribution in [0.4, 0.5) is 36.2 Å².